The summed E-state index contributed by atoms with van der Waals surface area (Å²) in [5.41, 5.74) is 2.83. The van der Waals surface area contributed by atoms with E-state index in [2.05, 4.69) is 5.32 Å². The van der Waals surface area contributed by atoms with E-state index >= 15 is 0 Å². The topological polar surface area (TPSA) is 47.6 Å². The van der Waals surface area contributed by atoms with Crippen LogP contribution in [0.5, 0.6) is 17.2 Å². The Bertz CT molecular complexity index is 1080. The lowest BCUT2D eigenvalue weighted by molar-refractivity contribution is 0.0953. The van der Waals surface area contributed by atoms with Crippen LogP contribution >= 0.6 is 23.2 Å². The number of amides is 1. The molecule has 0 radical (unpaired) electrons. The highest BCUT2D eigenvalue weighted by atomic mass is 35.5. The first-order valence-electron chi connectivity index (χ1n) is 10.8. The standard InChI is InChI=1S/C26H25Cl2NO3/c27-22-9-2-1-6-18(22)7-3-4-14-29-26(30)19-10-12-21(13-11-19)32-25-17-24-20(16-23(25)28)8-5-15-31-24/h1-2,6,9-13,16-17H,3-5,7-8,14-15H2,(H,29,30). The number of nitrogens with one attached hydrogen (secondary N) is 1. The number of hydrogen-bond acceptors (Lipinski definition) is 3. The molecule has 0 aliphatic carbocycles. The Morgan fingerprint density at radius 1 is 1.00 bits per heavy atom. The molecule has 1 heterocycles. The smallest absolute Gasteiger partial charge is 0.251 e. The first-order valence-corrected chi connectivity index (χ1v) is 11.6. The van der Waals surface area contributed by atoms with Crippen molar-refractivity contribution in [2.75, 3.05) is 13.2 Å². The van der Waals surface area contributed by atoms with Gasteiger partial charge in [-0.3, -0.25) is 4.79 Å². The van der Waals surface area contributed by atoms with E-state index in [-0.39, 0.29) is 5.91 Å². The summed E-state index contributed by atoms with van der Waals surface area (Å²) in [6.45, 7) is 1.32. The Balaban J connectivity index is 1.26. The summed E-state index contributed by atoms with van der Waals surface area (Å²) in [6.07, 6.45) is 4.70. The number of aryl methyl sites for hydroxylation is 2. The van der Waals surface area contributed by atoms with Gasteiger partial charge in [-0.15, -0.1) is 0 Å². The number of fused-ring (bicyclic) bond motifs is 1. The van der Waals surface area contributed by atoms with Gasteiger partial charge in [0.15, 0.2) is 0 Å². The number of ether oxygens (including phenoxy) is 2. The molecule has 4 rings (SSSR count). The molecule has 166 valence electrons. The molecule has 1 aliphatic heterocycles. The average Bonchev–Trinajstić information content (AvgIpc) is 2.81. The monoisotopic (exact) mass is 469 g/mol. The number of hydrogen-bond donors (Lipinski definition) is 1. The van der Waals surface area contributed by atoms with E-state index in [0.29, 0.717) is 35.2 Å². The predicted octanol–water partition coefficient (Wildman–Crippen LogP) is 6.86. The van der Waals surface area contributed by atoms with Crippen LogP contribution in [0.3, 0.4) is 0 Å². The maximum Gasteiger partial charge on any atom is 0.251 e. The molecular weight excluding hydrogens is 445 g/mol. The number of unbranched alkanes of at least 4 members (excludes halogenated alkanes) is 1. The number of rotatable bonds is 8. The molecule has 1 amide bonds. The van der Waals surface area contributed by atoms with Crippen molar-refractivity contribution < 1.29 is 14.3 Å². The molecule has 1 aliphatic rings. The average molecular weight is 470 g/mol. The van der Waals surface area contributed by atoms with Crippen LogP contribution in [-0.4, -0.2) is 19.1 Å². The van der Waals surface area contributed by atoms with Crippen molar-refractivity contribution in [2.24, 2.45) is 0 Å². The largest absolute Gasteiger partial charge is 0.493 e. The van der Waals surface area contributed by atoms with Crippen molar-refractivity contribution in [2.45, 2.75) is 32.1 Å². The molecule has 0 unspecified atom stereocenters. The lowest BCUT2D eigenvalue weighted by Crippen LogP contribution is -2.24. The maximum absolute atomic E-state index is 12.4. The highest BCUT2D eigenvalue weighted by Gasteiger charge is 2.15. The summed E-state index contributed by atoms with van der Waals surface area (Å²) < 4.78 is 11.6. The normalized spacial score (nSPS) is 12.6. The number of carbonyl (C=O) groups excluding carboxylic acids is 1. The van der Waals surface area contributed by atoms with Gasteiger partial charge in [-0.25, -0.2) is 0 Å². The minimum absolute atomic E-state index is 0.102. The van der Waals surface area contributed by atoms with Crippen molar-refractivity contribution in [1.29, 1.82) is 0 Å². The molecule has 3 aromatic carbocycles. The third-order valence-corrected chi connectivity index (χ3v) is 6.09. The highest BCUT2D eigenvalue weighted by molar-refractivity contribution is 6.32. The van der Waals surface area contributed by atoms with E-state index in [1.165, 1.54) is 0 Å². The number of halogens is 2. The lowest BCUT2D eigenvalue weighted by Gasteiger charge is -2.19. The van der Waals surface area contributed by atoms with Gasteiger partial charge in [0.05, 0.1) is 11.6 Å². The molecule has 0 saturated carbocycles. The Labute approximate surface area is 198 Å². The SMILES string of the molecule is O=C(NCCCCc1ccccc1Cl)c1ccc(Oc2cc3c(cc2Cl)CCCO3)cc1. The van der Waals surface area contributed by atoms with Gasteiger partial charge in [0.1, 0.15) is 17.2 Å². The summed E-state index contributed by atoms with van der Waals surface area (Å²) in [5, 5.41) is 4.31. The molecule has 4 nitrogen and oxygen atoms in total. The van der Waals surface area contributed by atoms with Gasteiger partial charge in [0.25, 0.3) is 5.91 Å². The van der Waals surface area contributed by atoms with E-state index < -0.39 is 0 Å². The van der Waals surface area contributed by atoms with Crippen LogP contribution in [0.15, 0.2) is 60.7 Å². The van der Waals surface area contributed by atoms with E-state index in [0.717, 1.165) is 54.0 Å². The molecule has 1 N–H and O–H groups in total. The lowest BCUT2D eigenvalue weighted by atomic mass is 10.1. The maximum atomic E-state index is 12.4. The minimum atomic E-state index is -0.102. The number of carbonyl (C=O) groups is 1. The van der Waals surface area contributed by atoms with Crippen LogP contribution in [0.1, 0.15) is 40.7 Å². The van der Waals surface area contributed by atoms with E-state index in [1.807, 2.05) is 36.4 Å². The van der Waals surface area contributed by atoms with Crippen LogP contribution in [0.2, 0.25) is 10.0 Å². The highest BCUT2D eigenvalue weighted by Crippen LogP contribution is 2.37. The van der Waals surface area contributed by atoms with Crippen molar-refractivity contribution in [3.8, 4) is 17.2 Å². The van der Waals surface area contributed by atoms with Crippen LogP contribution in [0.4, 0.5) is 0 Å². The van der Waals surface area contributed by atoms with E-state index in [4.69, 9.17) is 32.7 Å². The Morgan fingerprint density at radius 2 is 1.81 bits per heavy atom. The third kappa shape index (κ3) is 5.76. The second-order valence-electron chi connectivity index (χ2n) is 7.77. The second-order valence-corrected chi connectivity index (χ2v) is 8.59. The second kappa shape index (κ2) is 10.8. The summed E-state index contributed by atoms with van der Waals surface area (Å²) >= 11 is 12.5. The van der Waals surface area contributed by atoms with Crippen LogP contribution in [0.25, 0.3) is 0 Å². The van der Waals surface area contributed by atoms with Crippen molar-refractivity contribution in [3.63, 3.8) is 0 Å². The molecule has 0 spiro atoms. The fourth-order valence-electron chi connectivity index (χ4n) is 3.68. The zero-order chi connectivity index (χ0) is 22.3. The van der Waals surface area contributed by atoms with E-state index in [1.54, 1.807) is 24.3 Å². The summed E-state index contributed by atoms with van der Waals surface area (Å²) in [5.74, 6) is 1.87. The molecular formula is C26H25Cl2NO3. The van der Waals surface area contributed by atoms with Crippen molar-refractivity contribution >= 4 is 29.1 Å². The molecule has 0 aromatic heterocycles. The van der Waals surface area contributed by atoms with Gasteiger partial charge < -0.3 is 14.8 Å². The zero-order valence-electron chi connectivity index (χ0n) is 17.7. The molecule has 3 aromatic rings. The van der Waals surface area contributed by atoms with Gasteiger partial charge in [0.2, 0.25) is 0 Å². The molecule has 32 heavy (non-hydrogen) atoms. The van der Waals surface area contributed by atoms with E-state index in [9.17, 15) is 4.79 Å². The van der Waals surface area contributed by atoms with Crippen LogP contribution in [0, 0.1) is 0 Å². The number of benzene rings is 3. The van der Waals surface area contributed by atoms with Gasteiger partial charge in [-0.05, 0) is 79.6 Å². The third-order valence-electron chi connectivity index (χ3n) is 5.42. The summed E-state index contributed by atoms with van der Waals surface area (Å²) in [6, 6.07) is 18.6. The van der Waals surface area contributed by atoms with Gasteiger partial charge in [0, 0.05) is 23.2 Å². The van der Waals surface area contributed by atoms with Gasteiger partial charge in [-0.1, -0.05) is 41.4 Å². The molecule has 0 atom stereocenters. The quantitative estimate of drug-likeness (QED) is 0.366. The van der Waals surface area contributed by atoms with Crippen LogP contribution in [-0.2, 0) is 12.8 Å². The first kappa shape index (κ1) is 22.5. The minimum Gasteiger partial charge on any atom is -0.493 e. The zero-order valence-corrected chi connectivity index (χ0v) is 19.2. The Hall–Kier alpha value is -2.69. The van der Waals surface area contributed by atoms with Gasteiger partial charge >= 0.3 is 0 Å². The van der Waals surface area contributed by atoms with Crippen LogP contribution < -0.4 is 14.8 Å². The first-order chi connectivity index (χ1) is 15.6. The predicted molar refractivity (Wildman–Crippen MR) is 129 cm³/mol. The Kier molecular flexibility index (Phi) is 7.56. The molecule has 0 fully saturated rings. The molecule has 0 bridgehead atoms. The van der Waals surface area contributed by atoms with Gasteiger partial charge in [-0.2, -0.15) is 0 Å². The fourth-order valence-corrected chi connectivity index (χ4v) is 4.13. The summed E-state index contributed by atoms with van der Waals surface area (Å²) in [7, 11) is 0. The summed E-state index contributed by atoms with van der Waals surface area (Å²) in [4.78, 5) is 12.4. The molecule has 0 saturated heterocycles. The molecule has 6 heteroatoms. The van der Waals surface area contributed by atoms with Crippen molar-refractivity contribution in [1.82, 2.24) is 5.32 Å². The Morgan fingerprint density at radius 3 is 2.62 bits per heavy atom. The fraction of sp³-hybridized carbons (Fsp3) is 0.269. The van der Waals surface area contributed by atoms with Crippen molar-refractivity contribution in [3.05, 3.63) is 87.4 Å².